The number of benzene rings is 1. The van der Waals surface area contributed by atoms with Crippen LogP contribution in [0, 0.1) is 0 Å². The van der Waals surface area contributed by atoms with Crippen LogP contribution in [0.4, 0.5) is 0 Å². The predicted molar refractivity (Wildman–Crippen MR) is 87.1 cm³/mol. The molecule has 1 aromatic heterocycles. The largest absolute Gasteiger partial charge is 0.760 e. The van der Waals surface area contributed by atoms with Crippen molar-refractivity contribution in [2.45, 2.75) is 25.7 Å². The van der Waals surface area contributed by atoms with Crippen molar-refractivity contribution >= 4 is 22.2 Å². The highest BCUT2D eigenvalue weighted by Gasteiger charge is 2.10. The summed E-state index contributed by atoms with van der Waals surface area (Å²) < 4.78 is 33.7. The molecule has 1 N–H and O–H groups in total. The van der Waals surface area contributed by atoms with E-state index in [-0.39, 0.29) is 0 Å². The molecule has 0 saturated carbocycles. The molecule has 0 aliphatic rings. The van der Waals surface area contributed by atoms with Gasteiger partial charge < -0.3 is 14.0 Å². The van der Waals surface area contributed by atoms with E-state index in [1.54, 1.807) is 20.5 Å². The minimum Gasteiger partial charge on any atom is -0.760 e. The molecule has 0 radical (unpaired) electrons. The molecule has 23 heavy (non-hydrogen) atoms. The van der Waals surface area contributed by atoms with Gasteiger partial charge in [0, 0.05) is 29.3 Å². The minimum absolute atomic E-state index is 0.464. The van der Waals surface area contributed by atoms with Gasteiger partial charge in [-0.15, -0.1) is 0 Å². The van der Waals surface area contributed by atoms with Gasteiger partial charge in [-0.3, -0.25) is 4.21 Å². The SMILES string of the molecule is COc1cc2ncnc(CCCCCNS(=O)[O-])c2cc1OC. The summed E-state index contributed by atoms with van der Waals surface area (Å²) in [5, 5.41) is 0.948. The number of hydrogen-bond acceptors (Lipinski definition) is 6. The number of aryl methyl sites for hydroxylation is 1. The molecule has 8 heteroatoms. The Kier molecular flexibility index (Phi) is 6.69. The molecule has 0 fully saturated rings. The Labute approximate surface area is 137 Å². The number of aromatic nitrogens is 2. The van der Waals surface area contributed by atoms with Crippen LogP contribution >= 0.6 is 0 Å². The normalized spacial score (nSPS) is 12.3. The van der Waals surface area contributed by atoms with Crippen molar-refractivity contribution in [1.29, 1.82) is 0 Å². The van der Waals surface area contributed by atoms with Crippen LogP contribution in [0.2, 0.25) is 0 Å². The van der Waals surface area contributed by atoms with E-state index in [1.165, 1.54) is 0 Å². The molecule has 2 aromatic rings. The van der Waals surface area contributed by atoms with E-state index in [9.17, 15) is 8.76 Å². The van der Waals surface area contributed by atoms with Gasteiger partial charge in [0.25, 0.3) is 0 Å². The fraction of sp³-hybridized carbons (Fsp3) is 0.467. The lowest BCUT2D eigenvalue weighted by atomic mass is 10.1. The van der Waals surface area contributed by atoms with Gasteiger partial charge in [-0.25, -0.2) is 14.7 Å². The number of fused-ring (bicyclic) bond motifs is 1. The number of nitrogens with zero attached hydrogens (tertiary/aromatic N) is 2. The molecule has 0 aliphatic heterocycles. The third-order valence-corrected chi connectivity index (χ3v) is 3.97. The molecule has 126 valence electrons. The first-order valence-corrected chi connectivity index (χ1v) is 8.41. The molecule has 0 saturated heterocycles. The lowest BCUT2D eigenvalue weighted by molar-refractivity contribution is 0.355. The quantitative estimate of drug-likeness (QED) is 0.553. The fourth-order valence-electron chi connectivity index (χ4n) is 2.39. The topological polar surface area (TPSA) is 96.4 Å². The molecule has 1 atom stereocenters. The van der Waals surface area contributed by atoms with Crippen molar-refractivity contribution in [3.8, 4) is 11.5 Å². The molecule has 0 bridgehead atoms. The van der Waals surface area contributed by atoms with Crippen LogP contribution in [-0.4, -0.2) is 39.5 Å². The zero-order valence-electron chi connectivity index (χ0n) is 13.2. The highest BCUT2D eigenvalue weighted by molar-refractivity contribution is 7.77. The Morgan fingerprint density at radius 3 is 2.57 bits per heavy atom. The van der Waals surface area contributed by atoms with Crippen molar-refractivity contribution in [3.05, 3.63) is 24.2 Å². The molecule has 2 rings (SSSR count). The van der Waals surface area contributed by atoms with Gasteiger partial charge in [-0.05, 0) is 25.3 Å². The van der Waals surface area contributed by atoms with Gasteiger partial charge in [-0.1, -0.05) is 6.42 Å². The third-order valence-electron chi connectivity index (χ3n) is 3.53. The number of nitrogens with one attached hydrogen (secondary N) is 1. The zero-order chi connectivity index (χ0) is 16.7. The third kappa shape index (κ3) is 4.85. The van der Waals surface area contributed by atoms with E-state index in [1.807, 2.05) is 12.1 Å². The van der Waals surface area contributed by atoms with Crippen LogP contribution in [0.25, 0.3) is 10.9 Å². The average molecular weight is 338 g/mol. The number of rotatable bonds is 9. The van der Waals surface area contributed by atoms with E-state index in [0.29, 0.717) is 18.0 Å². The maximum atomic E-state index is 10.4. The van der Waals surface area contributed by atoms with Crippen LogP contribution in [-0.2, 0) is 17.7 Å². The molecule has 1 unspecified atom stereocenters. The molecule has 1 heterocycles. The number of hydrogen-bond donors (Lipinski definition) is 1. The van der Waals surface area contributed by atoms with Gasteiger partial charge in [0.2, 0.25) is 0 Å². The summed E-state index contributed by atoms with van der Waals surface area (Å²) in [5.74, 6) is 1.29. The van der Waals surface area contributed by atoms with Crippen molar-refractivity contribution in [3.63, 3.8) is 0 Å². The van der Waals surface area contributed by atoms with Crippen LogP contribution in [0.5, 0.6) is 11.5 Å². The summed E-state index contributed by atoms with van der Waals surface area (Å²) in [6, 6.07) is 3.73. The first-order chi connectivity index (χ1) is 11.2. The van der Waals surface area contributed by atoms with E-state index < -0.39 is 11.3 Å². The second-order valence-corrected chi connectivity index (χ2v) is 5.74. The zero-order valence-corrected chi connectivity index (χ0v) is 14.0. The van der Waals surface area contributed by atoms with Crippen LogP contribution < -0.4 is 14.2 Å². The molecule has 1 aromatic carbocycles. The van der Waals surface area contributed by atoms with Crippen LogP contribution in [0.1, 0.15) is 25.0 Å². The van der Waals surface area contributed by atoms with Gasteiger partial charge in [0.15, 0.2) is 11.5 Å². The van der Waals surface area contributed by atoms with Gasteiger partial charge in [-0.2, -0.15) is 0 Å². The van der Waals surface area contributed by atoms with Crippen LogP contribution in [0.3, 0.4) is 0 Å². The molecule has 7 nitrogen and oxygen atoms in total. The molecule has 0 amide bonds. The Morgan fingerprint density at radius 1 is 1.13 bits per heavy atom. The highest BCUT2D eigenvalue weighted by Crippen LogP contribution is 2.32. The Morgan fingerprint density at radius 2 is 1.87 bits per heavy atom. The van der Waals surface area contributed by atoms with E-state index >= 15 is 0 Å². The van der Waals surface area contributed by atoms with Crippen molar-refractivity contribution < 1.29 is 18.2 Å². The summed E-state index contributed by atoms with van der Waals surface area (Å²) in [7, 11) is 3.19. The fourth-order valence-corrected chi connectivity index (χ4v) is 2.70. The lowest BCUT2D eigenvalue weighted by Crippen LogP contribution is -2.17. The molecule has 0 spiro atoms. The highest BCUT2D eigenvalue weighted by atomic mass is 32.2. The Bertz CT molecular complexity index is 681. The van der Waals surface area contributed by atoms with Crippen molar-refractivity contribution in [2.24, 2.45) is 0 Å². The summed E-state index contributed by atoms with van der Waals surface area (Å²) in [4.78, 5) is 8.64. The first-order valence-electron chi connectivity index (χ1n) is 7.34. The summed E-state index contributed by atoms with van der Waals surface area (Å²) >= 11 is -2.18. The number of ether oxygens (including phenoxy) is 2. The molecular formula is C15H20N3O4S-. The van der Waals surface area contributed by atoms with Crippen LogP contribution in [0.15, 0.2) is 18.5 Å². The second-order valence-electron chi connectivity index (χ2n) is 4.98. The van der Waals surface area contributed by atoms with Crippen molar-refractivity contribution in [2.75, 3.05) is 20.8 Å². The summed E-state index contributed by atoms with van der Waals surface area (Å²) in [5.41, 5.74) is 1.77. The smallest absolute Gasteiger partial charge is 0.162 e. The van der Waals surface area contributed by atoms with Gasteiger partial charge in [0.1, 0.15) is 6.33 Å². The maximum Gasteiger partial charge on any atom is 0.162 e. The van der Waals surface area contributed by atoms with Gasteiger partial charge in [0.05, 0.1) is 25.4 Å². The number of methoxy groups -OCH3 is 2. The van der Waals surface area contributed by atoms with E-state index in [2.05, 4.69) is 14.7 Å². The number of unbranched alkanes of at least 4 members (excludes halogenated alkanes) is 2. The summed E-state index contributed by atoms with van der Waals surface area (Å²) in [6.45, 7) is 0.464. The molecular weight excluding hydrogens is 318 g/mol. The standard InChI is InChI=1S/C15H21N3O4S/c1-21-14-8-11-12(6-4-3-5-7-18-23(19)20)16-10-17-13(11)9-15(14)22-2/h8-10,18H,3-7H2,1-2H3,(H,19,20)/p-1. The van der Waals surface area contributed by atoms with Crippen molar-refractivity contribution in [1.82, 2.24) is 14.7 Å². The predicted octanol–water partition coefficient (Wildman–Crippen LogP) is 1.74. The Balaban J connectivity index is 2.04. The lowest BCUT2D eigenvalue weighted by Gasteiger charge is -2.11. The van der Waals surface area contributed by atoms with E-state index in [4.69, 9.17) is 9.47 Å². The monoisotopic (exact) mass is 338 g/mol. The average Bonchev–Trinajstić information content (AvgIpc) is 2.56. The van der Waals surface area contributed by atoms with Gasteiger partial charge >= 0.3 is 0 Å². The maximum absolute atomic E-state index is 10.4. The second kappa shape index (κ2) is 8.76. The Hall–Kier alpha value is -1.77. The summed E-state index contributed by atoms with van der Waals surface area (Å²) in [6.07, 6.45) is 4.99. The first kappa shape index (κ1) is 17.6. The van der Waals surface area contributed by atoms with E-state index in [0.717, 1.165) is 42.3 Å². The minimum atomic E-state index is -2.18. The molecule has 0 aliphatic carbocycles.